The van der Waals surface area contributed by atoms with Gasteiger partial charge in [-0.25, -0.2) is 13.2 Å². The number of carboxylic acids is 1. The Morgan fingerprint density at radius 3 is 2.14 bits per heavy atom. The molecule has 8 nitrogen and oxygen atoms in total. The van der Waals surface area contributed by atoms with Gasteiger partial charge in [-0.3, -0.25) is 4.72 Å². The van der Waals surface area contributed by atoms with Crippen LogP contribution in [0.15, 0.2) is 41.3 Å². The number of aromatic carboxylic acids is 1. The van der Waals surface area contributed by atoms with E-state index in [1.165, 1.54) is 32.4 Å². The molecule has 0 aliphatic heterocycles. The molecule has 2 aromatic rings. The van der Waals surface area contributed by atoms with E-state index in [-0.39, 0.29) is 11.4 Å². The Balaban J connectivity index is 2.40. The highest BCUT2D eigenvalue weighted by molar-refractivity contribution is 7.92. The predicted octanol–water partition coefficient (Wildman–Crippen LogP) is 3.10. The third-order valence-electron chi connectivity index (χ3n) is 3.35. The molecule has 0 bridgehead atoms. The number of carbonyl (C=O) groups is 1. The summed E-state index contributed by atoms with van der Waals surface area (Å²) in [4.78, 5) is 10.6. The van der Waals surface area contributed by atoms with Crippen LogP contribution in [0.3, 0.4) is 0 Å². The van der Waals surface area contributed by atoms with Crippen LogP contribution in [0, 0.1) is 0 Å². The standard InChI is InChI=1S/C16H14F3NO7S/c1-25-13-5-3-9(7-14(13)26-2)20-28(23,24)10-4-6-12(27-16(17,18)19)11(8-10)15(21)22/h3-8,20H,1-2H3,(H,21,22). The first-order valence-electron chi connectivity index (χ1n) is 7.35. The van der Waals surface area contributed by atoms with Crippen molar-refractivity contribution < 1.29 is 45.7 Å². The summed E-state index contributed by atoms with van der Waals surface area (Å²) in [5, 5.41) is 9.08. The minimum atomic E-state index is -5.14. The van der Waals surface area contributed by atoms with Crippen molar-refractivity contribution in [1.29, 1.82) is 0 Å². The van der Waals surface area contributed by atoms with Crippen molar-refractivity contribution in [3.05, 3.63) is 42.0 Å². The molecule has 12 heteroatoms. The Hall–Kier alpha value is -3.15. The van der Waals surface area contributed by atoms with Crippen molar-refractivity contribution in [1.82, 2.24) is 0 Å². The van der Waals surface area contributed by atoms with E-state index in [4.69, 9.17) is 14.6 Å². The third kappa shape index (κ3) is 4.97. The summed E-state index contributed by atoms with van der Waals surface area (Å²) in [6.45, 7) is 0. The number of sulfonamides is 1. The lowest BCUT2D eigenvalue weighted by molar-refractivity contribution is -0.274. The highest BCUT2D eigenvalue weighted by Crippen LogP contribution is 2.32. The first kappa shape index (κ1) is 21.2. The number of benzene rings is 2. The molecule has 0 aliphatic carbocycles. The monoisotopic (exact) mass is 421 g/mol. The summed E-state index contributed by atoms with van der Waals surface area (Å²) in [6, 6.07) is 6.07. The van der Waals surface area contributed by atoms with Crippen LogP contribution in [0.1, 0.15) is 10.4 Å². The number of alkyl halides is 3. The Labute approximate surface area is 157 Å². The van der Waals surface area contributed by atoms with E-state index in [0.717, 1.165) is 6.07 Å². The van der Waals surface area contributed by atoms with Crippen molar-refractivity contribution in [3.8, 4) is 17.2 Å². The number of rotatable bonds is 7. The van der Waals surface area contributed by atoms with Crippen LogP contribution in [0.5, 0.6) is 17.2 Å². The minimum Gasteiger partial charge on any atom is -0.493 e. The topological polar surface area (TPSA) is 111 Å². The normalized spacial score (nSPS) is 11.6. The molecule has 0 saturated heterocycles. The van der Waals surface area contributed by atoms with E-state index in [9.17, 15) is 26.4 Å². The number of carboxylic acid groups (broad SMARTS) is 1. The average molecular weight is 421 g/mol. The van der Waals surface area contributed by atoms with E-state index in [1.807, 2.05) is 0 Å². The SMILES string of the molecule is COc1ccc(NS(=O)(=O)c2ccc(OC(F)(F)F)c(C(=O)O)c2)cc1OC. The van der Waals surface area contributed by atoms with Crippen molar-refractivity contribution in [2.24, 2.45) is 0 Å². The summed E-state index contributed by atoms with van der Waals surface area (Å²) >= 11 is 0. The molecule has 0 aliphatic rings. The Morgan fingerprint density at radius 1 is 1.00 bits per heavy atom. The van der Waals surface area contributed by atoms with Gasteiger partial charge in [-0.2, -0.15) is 0 Å². The van der Waals surface area contributed by atoms with Gasteiger partial charge in [-0.1, -0.05) is 0 Å². The third-order valence-corrected chi connectivity index (χ3v) is 4.73. The summed E-state index contributed by atoms with van der Waals surface area (Å²) in [5.41, 5.74) is -0.905. The number of nitrogens with one attached hydrogen (secondary N) is 1. The summed E-state index contributed by atoms with van der Waals surface area (Å²) < 4.78 is 78.0. The fraction of sp³-hybridized carbons (Fsp3) is 0.188. The molecular weight excluding hydrogens is 407 g/mol. The van der Waals surface area contributed by atoms with E-state index in [1.54, 1.807) is 0 Å². The van der Waals surface area contributed by atoms with Gasteiger partial charge in [0, 0.05) is 6.07 Å². The van der Waals surface area contributed by atoms with Crippen LogP contribution in [0.25, 0.3) is 0 Å². The van der Waals surface area contributed by atoms with Gasteiger partial charge < -0.3 is 19.3 Å². The number of ether oxygens (including phenoxy) is 3. The lowest BCUT2D eigenvalue weighted by Crippen LogP contribution is -2.20. The quantitative estimate of drug-likeness (QED) is 0.707. The van der Waals surface area contributed by atoms with Crippen LogP contribution in [-0.2, 0) is 10.0 Å². The van der Waals surface area contributed by atoms with Gasteiger partial charge in [0.2, 0.25) is 0 Å². The molecule has 0 aromatic heterocycles. The van der Waals surface area contributed by atoms with Crippen LogP contribution in [0.2, 0.25) is 0 Å². The molecule has 0 fully saturated rings. The van der Waals surface area contributed by atoms with Crippen LogP contribution in [0.4, 0.5) is 18.9 Å². The zero-order valence-corrected chi connectivity index (χ0v) is 15.2. The second-order valence-electron chi connectivity index (χ2n) is 5.19. The van der Waals surface area contributed by atoms with Crippen molar-refractivity contribution in [3.63, 3.8) is 0 Å². The molecule has 2 aromatic carbocycles. The number of anilines is 1. The summed E-state index contributed by atoms with van der Waals surface area (Å²) in [7, 11) is -1.59. The number of hydrogen-bond acceptors (Lipinski definition) is 6. The Kier molecular flexibility index (Phi) is 5.92. The van der Waals surface area contributed by atoms with Crippen molar-refractivity contribution >= 4 is 21.7 Å². The first-order valence-corrected chi connectivity index (χ1v) is 8.83. The van der Waals surface area contributed by atoms with Crippen molar-refractivity contribution in [2.75, 3.05) is 18.9 Å². The first-order chi connectivity index (χ1) is 13.0. The van der Waals surface area contributed by atoms with Gasteiger partial charge >= 0.3 is 12.3 Å². The second-order valence-corrected chi connectivity index (χ2v) is 6.87. The van der Waals surface area contributed by atoms with Crippen molar-refractivity contribution in [2.45, 2.75) is 11.3 Å². The predicted molar refractivity (Wildman–Crippen MR) is 90.4 cm³/mol. The van der Waals surface area contributed by atoms with Gasteiger partial charge in [-0.15, -0.1) is 13.2 Å². The minimum absolute atomic E-state index is 0.0603. The van der Waals surface area contributed by atoms with E-state index >= 15 is 0 Å². The highest BCUT2D eigenvalue weighted by atomic mass is 32.2. The molecule has 2 rings (SSSR count). The highest BCUT2D eigenvalue weighted by Gasteiger charge is 2.33. The molecule has 0 radical (unpaired) electrons. The van der Waals surface area contributed by atoms with E-state index in [2.05, 4.69) is 9.46 Å². The molecule has 2 N–H and O–H groups in total. The molecule has 0 amide bonds. The largest absolute Gasteiger partial charge is 0.573 e. The fourth-order valence-corrected chi connectivity index (χ4v) is 3.25. The molecule has 0 heterocycles. The van der Waals surface area contributed by atoms with Gasteiger partial charge in [0.15, 0.2) is 11.5 Å². The van der Waals surface area contributed by atoms with E-state index in [0.29, 0.717) is 17.9 Å². The summed E-state index contributed by atoms with van der Waals surface area (Å²) in [5.74, 6) is -2.26. The van der Waals surface area contributed by atoms with Gasteiger partial charge in [0.25, 0.3) is 10.0 Å². The molecule has 0 saturated carbocycles. The van der Waals surface area contributed by atoms with Crippen LogP contribution in [-0.4, -0.2) is 40.1 Å². The maximum atomic E-state index is 12.5. The number of halogens is 3. The molecule has 152 valence electrons. The summed E-state index contributed by atoms with van der Waals surface area (Å²) in [6.07, 6.45) is -5.14. The Bertz CT molecular complexity index is 990. The van der Waals surface area contributed by atoms with Crippen LogP contribution >= 0.6 is 0 Å². The van der Waals surface area contributed by atoms with Gasteiger partial charge in [0.1, 0.15) is 11.3 Å². The molecule has 28 heavy (non-hydrogen) atoms. The number of hydrogen-bond donors (Lipinski definition) is 2. The van der Waals surface area contributed by atoms with E-state index < -0.39 is 38.6 Å². The molecule has 0 spiro atoms. The number of methoxy groups -OCH3 is 2. The van der Waals surface area contributed by atoms with Gasteiger partial charge in [0.05, 0.1) is 24.8 Å². The second kappa shape index (κ2) is 7.84. The Morgan fingerprint density at radius 2 is 1.61 bits per heavy atom. The molecular formula is C16H14F3NO7S. The maximum absolute atomic E-state index is 12.5. The average Bonchev–Trinajstić information content (AvgIpc) is 2.59. The fourth-order valence-electron chi connectivity index (χ4n) is 2.17. The van der Waals surface area contributed by atoms with Gasteiger partial charge in [-0.05, 0) is 30.3 Å². The lowest BCUT2D eigenvalue weighted by atomic mass is 10.2. The zero-order chi connectivity index (χ0) is 21.1. The van der Waals surface area contributed by atoms with Crippen LogP contribution < -0.4 is 18.9 Å². The maximum Gasteiger partial charge on any atom is 0.573 e. The zero-order valence-electron chi connectivity index (χ0n) is 14.4. The smallest absolute Gasteiger partial charge is 0.493 e. The molecule has 0 unspecified atom stereocenters. The lowest BCUT2D eigenvalue weighted by Gasteiger charge is -2.14. The molecule has 0 atom stereocenters.